The van der Waals surface area contributed by atoms with Gasteiger partial charge in [-0.05, 0) is 31.0 Å². The van der Waals surface area contributed by atoms with E-state index < -0.39 is 0 Å². The highest BCUT2D eigenvalue weighted by atomic mass is 19.1. The molecule has 0 amide bonds. The monoisotopic (exact) mass is 310 g/mol. The van der Waals surface area contributed by atoms with Gasteiger partial charge in [0, 0.05) is 25.2 Å². The summed E-state index contributed by atoms with van der Waals surface area (Å²) in [5, 5.41) is 8.57. The number of hydrogen-bond donors (Lipinski definition) is 0. The standard InChI is InChI=1S/C18H19FN4/c19-16-6-2-1-5-14(16)13-22-11-9-15(10-12-22)23-18-8-4-3-7-17(18)20-21-23/h1-8,15H,9-13H2. The van der Waals surface area contributed by atoms with Crippen LogP contribution in [0.2, 0.25) is 0 Å². The lowest BCUT2D eigenvalue weighted by Crippen LogP contribution is -2.34. The minimum atomic E-state index is -0.114. The maximum atomic E-state index is 13.8. The summed E-state index contributed by atoms with van der Waals surface area (Å²) in [5.74, 6) is -0.114. The molecule has 5 heteroatoms. The quantitative estimate of drug-likeness (QED) is 0.743. The van der Waals surface area contributed by atoms with Crippen molar-refractivity contribution >= 4 is 11.0 Å². The third kappa shape index (κ3) is 2.84. The fourth-order valence-electron chi connectivity index (χ4n) is 3.35. The Bertz CT molecular complexity index is 805. The summed E-state index contributed by atoms with van der Waals surface area (Å²) in [6.45, 7) is 2.58. The molecule has 0 bridgehead atoms. The molecule has 0 spiro atoms. The van der Waals surface area contributed by atoms with Gasteiger partial charge in [-0.1, -0.05) is 35.5 Å². The van der Waals surface area contributed by atoms with Gasteiger partial charge in [-0.3, -0.25) is 4.90 Å². The maximum Gasteiger partial charge on any atom is 0.127 e. The molecule has 1 fully saturated rings. The second-order valence-corrected chi connectivity index (χ2v) is 6.12. The Morgan fingerprint density at radius 1 is 1.00 bits per heavy atom. The van der Waals surface area contributed by atoms with Gasteiger partial charge >= 0.3 is 0 Å². The minimum absolute atomic E-state index is 0.114. The number of piperidine rings is 1. The second-order valence-electron chi connectivity index (χ2n) is 6.12. The van der Waals surface area contributed by atoms with Crippen molar-refractivity contribution in [2.24, 2.45) is 0 Å². The molecular weight excluding hydrogens is 291 g/mol. The first-order valence-electron chi connectivity index (χ1n) is 8.07. The molecule has 1 aliphatic heterocycles. The zero-order valence-electron chi connectivity index (χ0n) is 12.9. The van der Waals surface area contributed by atoms with Gasteiger partial charge in [0.2, 0.25) is 0 Å². The van der Waals surface area contributed by atoms with E-state index in [0.717, 1.165) is 42.5 Å². The van der Waals surface area contributed by atoms with Crippen LogP contribution in [0.3, 0.4) is 0 Å². The van der Waals surface area contributed by atoms with Crippen molar-refractivity contribution in [3.8, 4) is 0 Å². The maximum absolute atomic E-state index is 13.8. The summed E-state index contributed by atoms with van der Waals surface area (Å²) in [5.41, 5.74) is 2.82. The predicted octanol–water partition coefficient (Wildman–Crippen LogP) is 3.41. The molecule has 3 aromatic rings. The first-order valence-corrected chi connectivity index (χ1v) is 8.07. The SMILES string of the molecule is Fc1ccccc1CN1CCC(n2nnc3ccccc32)CC1. The third-order valence-corrected chi connectivity index (χ3v) is 4.63. The van der Waals surface area contributed by atoms with Crippen LogP contribution in [0.5, 0.6) is 0 Å². The van der Waals surface area contributed by atoms with E-state index in [0.29, 0.717) is 12.6 Å². The normalized spacial score (nSPS) is 16.9. The zero-order chi connectivity index (χ0) is 15.6. The Morgan fingerprint density at radius 3 is 2.57 bits per heavy atom. The first kappa shape index (κ1) is 14.3. The van der Waals surface area contributed by atoms with Gasteiger partial charge in [0.15, 0.2) is 0 Å². The lowest BCUT2D eigenvalue weighted by molar-refractivity contribution is 0.173. The highest BCUT2D eigenvalue weighted by Crippen LogP contribution is 2.26. The number of likely N-dealkylation sites (tertiary alicyclic amines) is 1. The molecule has 2 aromatic carbocycles. The van der Waals surface area contributed by atoms with Crippen molar-refractivity contribution < 1.29 is 4.39 Å². The fourth-order valence-corrected chi connectivity index (χ4v) is 3.35. The molecule has 0 unspecified atom stereocenters. The Labute approximate surface area is 134 Å². The molecule has 1 aromatic heterocycles. The van der Waals surface area contributed by atoms with Gasteiger partial charge in [-0.25, -0.2) is 9.07 Å². The Morgan fingerprint density at radius 2 is 1.74 bits per heavy atom. The van der Waals surface area contributed by atoms with E-state index in [2.05, 4.69) is 26.0 Å². The molecule has 118 valence electrons. The minimum Gasteiger partial charge on any atom is -0.299 e. The van der Waals surface area contributed by atoms with Crippen molar-refractivity contribution in [3.63, 3.8) is 0 Å². The van der Waals surface area contributed by atoms with Crippen LogP contribution >= 0.6 is 0 Å². The Kier molecular flexibility index (Phi) is 3.79. The molecular formula is C18H19FN4. The molecule has 23 heavy (non-hydrogen) atoms. The molecule has 4 rings (SSSR count). The number of halogens is 1. The number of fused-ring (bicyclic) bond motifs is 1. The van der Waals surface area contributed by atoms with E-state index >= 15 is 0 Å². The highest BCUT2D eigenvalue weighted by molar-refractivity contribution is 5.73. The lowest BCUT2D eigenvalue weighted by Gasteiger charge is -2.32. The number of para-hydroxylation sites is 1. The molecule has 1 aliphatic rings. The molecule has 4 nitrogen and oxygen atoms in total. The predicted molar refractivity (Wildman–Crippen MR) is 87.5 cm³/mol. The van der Waals surface area contributed by atoms with Crippen molar-refractivity contribution in [2.45, 2.75) is 25.4 Å². The van der Waals surface area contributed by atoms with Crippen LogP contribution in [-0.4, -0.2) is 33.0 Å². The van der Waals surface area contributed by atoms with E-state index in [9.17, 15) is 4.39 Å². The first-order chi connectivity index (χ1) is 11.3. The van der Waals surface area contributed by atoms with E-state index in [-0.39, 0.29) is 5.82 Å². The number of rotatable bonds is 3. The van der Waals surface area contributed by atoms with E-state index in [1.54, 1.807) is 6.07 Å². The van der Waals surface area contributed by atoms with Crippen LogP contribution in [0, 0.1) is 5.82 Å². The topological polar surface area (TPSA) is 34.0 Å². The van der Waals surface area contributed by atoms with Gasteiger partial charge < -0.3 is 0 Å². The van der Waals surface area contributed by atoms with Gasteiger partial charge in [0.05, 0.1) is 11.6 Å². The summed E-state index contributed by atoms with van der Waals surface area (Å²) < 4.78 is 15.8. The lowest BCUT2D eigenvalue weighted by atomic mass is 10.0. The van der Waals surface area contributed by atoms with Crippen molar-refractivity contribution in [3.05, 3.63) is 59.9 Å². The van der Waals surface area contributed by atoms with E-state index in [1.807, 2.05) is 30.3 Å². The summed E-state index contributed by atoms with van der Waals surface area (Å²) in [6, 6.07) is 15.5. The van der Waals surface area contributed by atoms with Crippen LogP contribution in [0.25, 0.3) is 11.0 Å². The van der Waals surface area contributed by atoms with Gasteiger partial charge in [-0.15, -0.1) is 5.10 Å². The molecule has 2 heterocycles. The van der Waals surface area contributed by atoms with Crippen LogP contribution in [-0.2, 0) is 6.54 Å². The molecule has 0 atom stereocenters. The highest BCUT2D eigenvalue weighted by Gasteiger charge is 2.23. The van der Waals surface area contributed by atoms with Gasteiger partial charge in [0.25, 0.3) is 0 Å². The number of benzene rings is 2. The average Bonchev–Trinajstić information content (AvgIpc) is 3.02. The van der Waals surface area contributed by atoms with Gasteiger partial charge in [-0.2, -0.15) is 0 Å². The number of hydrogen-bond acceptors (Lipinski definition) is 3. The molecule has 1 saturated heterocycles. The van der Waals surface area contributed by atoms with Crippen molar-refractivity contribution in [1.29, 1.82) is 0 Å². The average molecular weight is 310 g/mol. The summed E-state index contributed by atoms with van der Waals surface area (Å²) in [4.78, 5) is 2.31. The molecule has 0 radical (unpaired) electrons. The number of aromatic nitrogens is 3. The van der Waals surface area contributed by atoms with E-state index in [4.69, 9.17) is 0 Å². The second kappa shape index (κ2) is 6.08. The van der Waals surface area contributed by atoms with Crippen molar-refractivity contribution in [2.75, 3.05) is 13.1 Å². The third-order valence-electron chi connectivity index (χ3n) is 4.63. The Balaban J connectivity index is 1.44. The smallest absolute Gasteiger partial charge is 0.127 e. The summed E-state index contributed by atoms with van der Waals surface area (Å²) in [6.07, 6.45) is 2.03. The summed E-state index contributed by atoms with van der Waals surface area (Å²) >= 11 is 0. The largest absolute Gasteiger partial charge is 0.299 e. The molecule has 0 N–H and O–H groups in total. The Hall–Kier alpha value is -2.27. The number of nitrogens with zero attached hydrogens (tertiary/aromatic N) is 4. The zero-order valence-corrected chi connectivity index (χ0v) is 12.9. The van der Waals surface area contributed by atoms with E-state index in [1.165, 1.54) is 6.07 Å². The van der Waals surface area contributed by atoms with Gasteiger partial charge in [0.1, 0.15) is 11.3 Å². The summed E-state index contributed by atoms with van der Waals surface area (Å²) in [7, 11) is 0. The van der Waals surface area contributed by atoms with Crippen LogP contribution < -0.4 is 0 Å². The molecule has 0 aliphatic carbocycles. The fraction of sp³-hybridized carbons (Fsp3) is 0.333. The van der Waals surface area contributed by atoms with Crippen LogP contribution in [0.1, 0.15) is 24.4 Å². The van der Waals surface area contributed by atoms with Crippen LogP contribution in [0.4, 0.5) is 4.39 Å². The van der Waals surface area contributed by atoms with Crippen molar-refractivity contribution in [1.82, 2.24) is 19.9 Å². The van der Waals surface area contributed by atoms with Crippen LogP contribution in [0.15, 0.2) is 48.5 Å². The molecule has 0 saturated carbocycles.